The Labute approximate surface area is 122 Å². The van der Waals surface area contributed by atoms with Gasteiger partial charge in [-0.3, -0.25) is 4.79 Å². The molecule has 0 heterocycles. The van der Waals surface area contributed by atoms with E-state index in [1.165, 1.54) is 12.1 Å². The summed E-state index contributed by atoms with van der Waals surface area (Å²) in [6.07, 6.45) is -0.0455. The largest absolute Gasteiger partial charge is 0.369 e. The van der Waals surface area contributed by atoms with Crippen LogP contribution in [0.15, 0.2) is 24.3 Å². The molecule has 1 saturated carbocycles. The van der Waals surface area contributed by atoms with Gasteiger partial charge < -0.3 is 5.73 Å². The van der Waals surface area contributed by atoms with Gasteiger partial charge in [-0.05, 0) is 42.9 Å². The lowest BCUT2D eigenvalue weighted by molar-refractivity contribution is -0.138. The normalized spacial score (nSPS) is 21.7. The van der Waals surface area contributed by atoms with E-state index in [-0.39, 0.29) is 31.6 Å². The van der Waals surface area contributed by atoms with Crippen LogP contribution in [0.3, 0.4) is 0 Å². The second-order valence-electron chi connectivity index (χ2n) is 5.89. The highest BCUT2D eigenvalue weighted by atomic mass is 19.3. The molecule has 5 heteroatoms. The number of amides is 1. The molecule has 2 N–H and O–H groups in total. The van der Waals surface area contributed by atoms with Crippen LogP contribution in [0.1, 0.15) is 50.5 Å². The van der Waals surface area contributed by atoms with Gasteiger partial charge in [-0.1, -0.05) is 19.1 Å². The highest BCUT2D eigenvalue weighted by molar-refractivity contribution is 5.82. The number of hydrogen-bond acceptors (Lipinski definition) is 1. The van der Waals surface area contributed by atoms with Gasteiger partial charge in [0.2, 0.25) is 11.8 Å². The molecule has 1 atom stereocenters. The maximum Gasteiger partial charge on any atom is 0.248 e. The molecule has 21 heavy (non-hydrogen) atoms. The highest BCUT2D eigenvalue weighted by Gasteiger charge is 2.51. The van der Waals surface area contributed by atoms with E-state index in [0.29, 0.717) is 12.0 Å². The van der Waals surface area contributed by atoms with Gasteiger partial charge in [0.25, 0.3) is 0 Å². The van der Waals surface area contributed by atoms with Crippen molar-refractivity contribution in [2.24, 2.45) is 11.1 Å². The van der Waals surface area contributed by atoms with Gasteiger partial charge in [-0.25, -0.2) is 13.2 Å². The zero-order valence-corrected chi connectivity index (χ0v) is 12.0. The van der Waals surface area contributed by atoms with E-state index in [2.05, 4.69) is 0 Å². The molecule has 0 aliphatic heterocycles. The smallest absolute Gasteiger partial charge is 0.248 e. The topological polar surface area (TPSA) is 43.1 Å². The number of halogens is 3. The number of carbonyl (C=O) groups is 1. The fourth-order valence-corrected chi connectivity index (χ4v) is 3.50. The number of benzene rings is 1. The molecule has 2 nitrogen and oxygen atoms in total. The standard InChI is InChI=1S/C16H20F3NO/c1-2-13(11-4-3-5-12(17)10-11)15(14(20)21)6-8-16(18,19)9-7-15/h3-5,10,13H,2,6-9H2,1H3,(H2,20,21). The van der Waals surface area contributed by atoms with Gasteiger partial charge in [0.05, 0.1) is 5.41 Å². The quantitative estimate of drug-likeness (QED) is 0.897. The molecule has 0 spiro atoms. The SMILES string of the molecule is CCC(c1cccc(F)c1)C1(C(N)=O)CCC(F)(F)CC1. The predicted octanol–water partition coefficient (Wildman–Crippen LogP) is 4.00. The number of rotatable bonds is 4. The Bertz CT molecular complexity index is 520. The monoisotopic (exact) mass is 299 g/mol. The molecule has 0 aromatic heterocycles. The summed E-state index contributed by atoms with van der Waals surface area (Å²) in [7, 11) is 0. The second kappa shape index (κ2) is 5.70. The molecule has 1 aromatic carbocycles. The number of hydrogen-bond donors (Lipinski definition) is 1. The van der Waals surface area contributed by atoms with Gasteiger partial charge in [0, 0.05) is 12.8 Å². The van der Waals surface area contributed by atoms with Crippen LogP contribution in [-0.4, -0.2) is 11.8 Å². The van der Waals surface area contributed by atoms with Gasteiger partial charge in [0.1, 0.15) is 5.82 Å². The van der Waals surface area contributed by atoms with Crippen molar-refractivity contribution in [2.45, 2.75) is 50.9 Å². The van der Waals surface area contributed by atoms with Crippen molar-refractivity contribution in [3.05, 3.63) is 35.6 Å². The van der Waals surface area contributed by atoms with Crippen molar-refractivity contribution in [1.82, 2.24) is 0 Å². The molecule has 1 aromatic rings. The lowest BCUT2D eigenvalue weighted by Gasteiger charge is -2.43. The van der Waals surface area contributed by atoms with Gasteiger partial charge in [-0.2, -0.15) is 0 Å². The first-order valence-electron chi connectivity index (χ1n) is 7.24. The van der Waals surface area contributed by atoms with E-state index in [1.54, 1.807) is 12.1 Å². The molecule has 0 bridgehead atoms. The van der Waals surface area contributed by atoms with Crippen LogP contribution >= 0.6 is 0 Å². The van der Waals surface area contributed by atoms with Crippen LogP contribution in [0.4, 0.5) is 13.2 Å². The average Bonchev–Trinajstić information content (AvgIpc) is 2.41. The number of alkyl halides is 2. The van der Waals surface area contributed by atoms with Crippen molar-refractivity contribution in [2.75, 3.05) is 0 Å². The Kier molecular flexibility index (Phi) is 4.30. The van der Waals surface area contributed by atoms with E-state index < -0.39 is 23.1 Å². The fourth-order valence-electron chi connectivity index (χ4n) is 3.50. The average molecular weight is 299 g/mol. The minimum atomic E-state index is -2.74. The van der Waals surface area contributed by atoms with Crippen molar-refractivity contribution in [1.29, 1.82) is 0 Å². The van der Waals surface area contributed by atoms with Crippen molar-refractivity contribution in [3.63, 3.8) is 0 Å². The Morgan fingerprint density at radius 1 is 1.29 bits per heavy atom. The van der Waals surface area contributed by atoms with E-state index in [9.17, 15) is 18.0 Å². The lowest BCUT2D eigenvalue weighted by atomic mass is 9.61. The van der Waals surface area contributed by atoms with E-state index in [0.717, 1.165) is 0 Å². The van der Waals surface area contributed by atoms with Crippen LogP contribution in [-0.2, 0) is 4.79 Å². The Hall–Kier alpha value is -1.52. The van der Waals surface area contributed by atoms with Crippen LogP contribution < -0.4 is 5.73 Å². The predicted molar refractivity (Wildman–Crippen MR) is 74.5 cm³/mol. The van der Waals surface area contributed by atoms with Crippen LogP contribution in [0.25, 0.3) is 0 Å². The number of carbonyl (C=O) groups excluding carboxylic acids is 1. The maximum absolute atomic E-state index is 13.4. The molecule has 0 saturated heterocycles. The number of primary amides is 1. The molecular formula is C16H20F3NO. The van der Waals surface area contributed by atoms with E-state index in [1.807, 2.05) is 6.92 Å². The van der Waals surface area contributed by atoms with E-state index in [4.69, 9.17) is 5.73 Å². The first-order chi connectivity index (χ1) is 9.81. The van der Waals surface area contributed by atoms with Gasteiger partial charge >= 0.3 is 0 Å². The zero-order valence-electron chi connectivity index (χ0n) is 12.0. The summed E-state index contributed by atoms with van der Waals surface area (Å²) in [5.41, 5.74) is 5.21. The minimum Gasteiger partial charge on any atom is -0.369 e. The summed E-state index contributed by atoms with van der Waals surface area (Å²) in [5.74, 6) is -4.03. The zero-order chi connectivity index (χ0) is 15.7. The Balaban J connectivity index is 2.38. The molecule has 1 amide bonds. The third-order valence-electron chi connectivity index (χ3n) is 4.69. The molecule has 1 aliphatic carbocycles. The first-order valence-corrected chi connectivity index (χ1v) is 7.24. The summed E-state index contributed by atoms with van der Waals surface area (Å²) in [5, 5.41) is 0. The summed E-state index contributed by atoms with van der Waals surface area (Å²) >= 11 is 0. The Morgan fingerprint density at radius 3 is 2.38 bits per heavy atom. The summed E-state index contributed by atoms with van der Waals surface area (Å²) in [6.45, 7) is 1.87. The Morgan fingerprint density at radius 2 is 1.90 bits per heavy atom. The summed E-state index contributed by atoms with van der Waals surface area (Å²) in [6, 6.07) is 5.99. The highest BCUT2D eigenvalue weighted by Crippen LogP contribution is 2.52. The molecule has 1 unspecified atom stereocenters. The first kappa shape index (κ1) is 15.9. The minimum absolute atomic E-state index is 0.0460. The lowest BCUT2D eigenvalue weighted by Crippen LogP contribution is -2.46. The molecule has 1 aliphatic rings. The van der Waals surface area contributed by atoms with Gasteiger partial charge in [0.15, 0.2) is 0 Å². The molecule has 0 radical (unpaired) electrons. The van der Waals surface area contributed by atoms with Crippen LogP contribution in [0.5, 0.6) is 0 Å². The van der Waals surface area contributed by atoms with Crippen LogP contribution in [0, 0.1) is 11.2 Å². The fraction of sp³-hybridized carbons (Fsp3) is 0.562. The second-order valence-corrected chi connectivity index (χ2v) is 5.89. The van der Waals surface area contributed by atoms with Crippen molar-refractivity contribution < 1.29 is 18.0 Å². The van der Waals surface area contributed by atoms with Crippen molar-refractivity contribution in [3.8, 4) is 0 Å². The number of nitrogens with two attached hydrogens (primary N) is 1. The van der Waals surface area contributed by atoms with Crippen LogP contribution in [0.2, 0.25) is 0 Å². The third-order valence-corrected chi connectivity index (χ3v) is 4.69. The van der Waals surface area contributed by atoms with Crippen molar-refractivity contribution >= 4 is 5.91 Å². The van der Waals surface area contributed by atoms with E-state index >= 15 is 0 Å². The molecular weight excluding hydrogens is 279 g/mol. The summed E-state index contributed by atoms with van der Waals surface area (Å²) in [4.78, 5) is 12.0. The summed E-state index contributed by atoms with van der Waals surface area (Å²) < 4.78 is 40.3. The molecule has 116 valence electrons. The molecule has 2 rings (SSSR count). The third kappa shape index (κ3) is 3.06. The molecule has 1 fully saturated rings. The van der Waals surface area contributed by atoms with Gasteiger partial charge in [-0.15, -0.1) is 0 Å². The maximum atomic E-state index is 13.4.